The standard InChI is InChI=1S/C22H29NO3/c1-16(2)23(17(3)4)13-12-20(18-8-6-5-7-9-18)21-14-19(26-15-24)10-11-22(21)25/h5-11,14-17,20,25H,12-13H2,1-4H3. The fourth-order valence-electron chi connectivity index (χ4n) is 3.52. The maximum atomic E-state index is 10.7. The molecule has 4 heteroatoms. The van der Waals surface area contributed by atoms with Gasteiger partial charge >= 0.3 is 0 Å². The molecule has 4 nitrogen and oxygen atoms in total. The van der Waals surface area contributed by atoms with Gasteiger partial charge in [-0.1, -0.05) is 30.3 Å². The molecule has 1 unspecified atom stereocenters. The molecule has 26 heavy (non-hydrogen) atoms. The molecule has 0 aliphatic rings. The highest BCUT2D eigenvalue weighted by Gasteiger charge is 2.21. The maximum absolute atomic E-state index is 10.7. The van der Waals surface area contributed by atoms with Crippen LogP contribution in [0.3, 0.4) is 0 Å². The van der Waals surface area contributed by atoms with Gasteiger partial charge in [-0.05, 0) is 64.4 Å². The fourth-order valence-corrected chi connectivity index (χ4v) is 3.52. The van der Waals surface area contributed by atoms with Gasteiger partial charge in [0.2, 0.25) is 0 Å². The highest BCUT2D eigenvalue weighted by atomic mass is 16.5. The number of rotatable bonds is 9. The van der Waals surface area contributed by atoms with Crippen molar-refractivity contribution >= 4 is 6.47 Å². The first kappa shape index (κ1) is 20.0. The Balaban J connectivity index is 2.36. The lowest BCUT2D eigenvalue weighted by Gasteiger charge is -2.32. The van der Waals surface area contributed by atoms with Crippen LogP contribution in [0.5, 0.6) is 11.5 Å². The van der Waals surface area contributed by atoms with E-state index in [-0.39, 0.29) is 11.7 Å². The average Bonchev–Trinajstić information content (AvgIpc) is 2.61. The summed E-state index contributed by atoms with van der Waals surface area (Å²) in [7, 11) is 0. The van der Waals surface area contributed by atoms with Crippen LogP contribution in [0, 0.1) is 0 Å². The summed E-state index contributed by atoms with van der Waals surface area (Å²) >= 11 is 0. The molecule has 0 radical (unpaired) electrons. The Hall–Kier alpha value is -2.33. The van der Waals surface area contributed by atoms with Crippen LogP contribution in [0.1, 0.15) is 51.2 Å². The molecule has 0 aliphatic carbocycles. The highest BCUT2D eigenvalue weighted by Crippen LogP contribution is 2.36. The molecule has 0 aliphatic heterocycles. The number of carbonyl (C=O) groups is 1. The van der Waals surface area contributed by atoms with E-state index >= 15 is 0 Å². The van der Waals surface area contributed by atoms with Crippen LogP contribution in [0.2, 0.25) is 0 Å². The third-order valence-electron chi connectivity index (χ3n) is 4.76. The number of phenolic OH excluding ortho intramolecular Hbond substituents is 1. The van der Waals surface area contributed by atoms with Gasteiger partial charge in [0, 0.05) is 23.6 Å². The summed E-state index contributed by atoms with van der Waals surface area (Å²) < 4.78 is 4.99. The Morgan fingerprint density at radius 3 is 2.27 bits per heavy atom. The zero-order valence-corrected chi connectivity index (χ0v) is 16.1. The molecule has 0 saturated heterocycles. The molecule has 0 bridgehead atoms. The highest BCUT2D eigenvalue weighted by molar-refractivity contribution is 5.50. The van der Waals surface area contributed by atoms with Crippen LogP contribution in [0.25, 0.3) is 0 Å². The van der Waals surface area contributed by atoms with E-state index in [9.17, 15) is 9.90 Å². The van der Waals surface area contributed by atoms with Crippen molar-refractivity contribution in [1.82, 2.24) is 4.90 Å². The van der Waals surface area contributed by atoms with Crippen LogP contribution < -0.4 is 4.74 Å². The Labute approximate surface area is 156 Å². The number of nitrogens with zero attached hydrogens (tertiary/aromatic N) is 1. The predicted octanol–water partition coefficient (Wildman–Crippen LogP) is 4.57. The number of hydrogen-bond donors (Lipinski definition) is 1. The zero-order valence-electron chi connectivity index (χ0n) is 16.1. The molecule has 0 spiro atoms. The van der Waals surface area contributed by atoms with Crippen molar-refractivity contribution in [2.75, 3.05) is 6.54 Å². The summed E-state index contributed by atoms with van der Waals surface area (Å²) in [4.78, 5) is 13.1. The van der Waals surface area contributed by atoms with Gasteiger partial charge < -0.3 is 9.84 Å². The lowest BCUT2D eigenvalue weighted by atomic mass is 9.87. The van der Waals surface area contributed by atoms with Gasteiger partial charge in [0.15, 0.2) is 0 Å². The molecule has 2 aromatic rings. The number of aromatic hydroxyl groups is 1. The van der Waals surface area contributed by atoms with Gasteiger partial charge in [0.05, 0.1) is 0 Å². The van der Waals surface area contributed by atoms with E-state index in [1.165, 1.54) is 0 Å². The molecule has 2 aromatic carbocycles. The van der Waals surface area contributed by atoms with Crippen molar-refractivity contribution in [2.24, 2.45) is 0 Å². The van der Waals surface area contributed by atoms with Crippen molar-refractivity contribution < 1.29 is 14.6 Å². The second-order valence-electron chi connectivity index (χ2n) is 7.11. The number of ether oxygens (including phenoxy) is 1. The van der Waals surface area contributed by atoms with Crippen molar-refractivity contribution in [2.45, 2.75) is 52.1 Å². The molecule has 2 rings (SSSR count). The molecule has 0 aromatic heterocycles. The van der Waals surface area contributed by atoms with Crippen LogP contribution in [-0.2, 0) is 4.79 Å². The van der Waals surface area contributed by atoms with E-state index in [4.69, 9.17) is 4.74 Å². The molecule has 0 amide bonds. The number of benzene rings is 2. The monoisotopic (exact) mass is 355 g/mol. The smallest absolute Gasteiger partial charge is 0.298 e. The SMILES string of the molecule is CC(C)N(CCC(c1ccccc1)c1cc(OC=O)ccc1O)C(C)C. The van der Waals surface area contributed by atoms with E-state index in [1.807, 2.05) is 18.2 Å². The number of hydrogen-bond acceptors (Lipinski definition) is 4. The second-order valence-corrected chi connectivity index (χ2v) is 7.11. The minimum atomic E-state index is 0.0198. The topological polar surface area (TPSA) is 49.8 Å². The van der Waals surface area contributed by atoms with Gasteiger partial charge in [0.1, 0.15) is 11.5 Å². The summed E-state index contributed by atoms with van der Waals surface area (Å²) in [5.41, 5.74) is 1.92. The third-order valence-corrected chi connectivity index (χ3v) is 4.76. The Morgan fingerprint density at radius 2 is 1.69 bits per heavy atom. The maximum Gasteiger partial charge on any atom is 0.298 e. The van der Waals surface area contributed by atoms with E-state index in [1.54, 1.807) is 18.2 Å². The first-order chi connectivity index (χ1) is 12.4. The Bertz CT molecular complexity index is 690. The summed E-state index contributed by atoms with van der Waals surface area (Å²) in [5.74, 6) is 0.683. The van der Waals surface area contributed by atoms with E-state index in [0.717, 1.165) is 24.1 Å². The van der Waals surface area contributed by atoms with Gasteiger partial charge in [-0.2, -0.15) is 0 Å². The minimum absolute atomic E-state index is 0.0198. The lowest BCUT2D eigenvalue weighted by molar-refractivity contribution is -0.120. The molecular weight excluding hydrogens is 326 g/mol. The van der Waals surface area contributed by atoms with E-state index in [2.05, 4.69) is 44.7 Å². The molecule has 0 fully saturated rings. The number of carbonyl (C=O) groups excluding carboxylic acids is 1. The first-order valence-corrected chi connectivity index (χ1v) is 9.18. The molecular formula is C22H29NO3. The Morgan fingerprint density at radius 1 is 1.04 bits per heavy atom. The van der Waals surface area contributed by atoms with Crippen molar-refractivity contribution in [3.8, 4) is 11.5 Å². The average molecular weight is 355 g/mol. The van der Waals surface area contributed by atoms with Crippen molar-refractivity contribution in [3.63, 3.8) is 0 Å². The van der Waals surface area contributed by atoms with Gasteiger partial charge in [-0.25, -0.2) is 0 Å². The van der Waals surface area contributed by atoms with Crippen LogP contribution in [-0.4, -0.2) is 35.1 Å². The van der Waals surface area contributed by atoms with Crippen LogP contribution in [0.15, 0.2) is 48.5 Å². The van der Waals surface area contributed by atoms with Gasteiger partial charge in [-0.15, -0.1) is 0 Å². The molecule has 1 N–H and O–H groups in total. The van der Waals surface area contributed by atoms with Crippen LogP contribution in [0.4, 0.5) is 0 Å². The normalized spacial score (nSPS) is 12.6. The third kappa shape index (κ3) is 5.09. The minimum Gasteiger partial charge on any atom is -0.508 e. The summed E-state index contributed by atoms with van der Waals surface area (Å²) in [6.45, 7) is 10.1. The zero-order chi connectivity index (χ0) is 19.1. The van der Waals surface area contributed by atoms with Gasteiger partial charge in [-0.3, -0.25) is 9.69 Å². The largest absolute Gasteiger partial charge is 0.508 e. The quantitative estimate of drug-likeness (QED) is 0.670. The first-order valence-electron chi connectivity index (χ1n) is 9.18. The fraction of sp³-hybridized carbons (Fsp3) is 0.409. The summed E-state index contributed by atoms with van der Waals surface area (Å²) in [6.07, 6.45) is 0.860. The molecule has 0 saturated carbocycles. The molecule has 140 valence electrons. The Kier molecular flexibility index (Phi) is 7.22. The molecule has 0 heterocycles. The number of phenols is 1. The summed E-state index contributed by atoms with van der Waals surface area (Å²) in [6, 6.07) is 16.0. The van der Waals surface area contributed by atoms with Crippen molar-refractivity contribution in [1.29, 1.82) is 0 Å². The molecule has 1 atom stereocenters. The van der Waals surface area contributed by atoms with Crippen LogP contribution >= 0.6 is 0 Å². The lowest BCUT2D eigenvalue weighted by Crippen LogP contribution is -2.38. The van der Waals surface area contributed by atoms with E-state index in [0.29, 0.717) is 24.3 Å². The van der Waals surface area contributed by atoms with E-state index < -0.39 is 0 Å². The second kappa shape index (κ2) is 9.39. The van der Waals surface area contributed by atoms with Crippen molar-refractivity contribution in [3.05, 3.63) is 59.7 Å². The van der Waals surface area contributed by atoms with Gasteiger partial charge in [0.25, 0.3) is 6.47 Å². The summed E-state index contributed by atoms with van der Waals surface area (Å²) in [5, 5.41) is 10.5. The predicted molar refractivity (Wildman–Crippen MR) is 105 cm³/mol.